The zero-order chi connectivity index (χ0) is 12.4. The fourth-order valence-corrected chi connectivity index (χ4v) is 3.22. The molecule has 2 nitrogen and oxygen atoms in total. The summed E-state index contributed by atoms with van der Waals surface area (Å²) in [6.45, 7) is 5.41. The maximum atomic E-state index is 5.84. The molecule has 1 aromatic carbocycles. The fourth-order valence-electron chi connectivity index (χ4n) is 3.22. The molecule has 1 N–H and O–H groups in total. The molecule has 0 saturated heterocycles. The van der Waals surface area contributed by atoms with Gasteiger partial charge in [-0.1, -0.05) is 25.1 Å². The van der Waals surface area contributed by atoms with E-state index in [0.29, 0.717) is 0 Å². The molecule has 0 amide bonds. The highest BCUT2D eigenvalue weighted by Gasteiger charge is 2.34. The number of para-hydroxylation sites is 1. The van der Waals surface area contributed by atoms with Crippen LogP contribution in [-0.2, 0) is 6.42 Å². The Labute approximate surface area is 110 Å². The van der Waals surface area contributed by atoms with Crippen LogP contribution in [0.3, 0.4) is 0 Å². The summed E-state index contributed by atoms with van der Waals surface area (Å²) < 4.78 is 5.84. The van der Waals surface area contributed by atoms with E-state index in [0.717, 1.165) is 31.4 Å². The van der Waals surface area contributed by atoms with Gasteiger partial charge in [0.05, 0.1) is 6.61 Å². The summed E-state index contributed by atoms with van der Waals surface area (Å²) >= 11 is 0. The molecule has 0 bridgehead atoms. The molecule has 2 aliphatic rings. The Balaban J connectivity index is 1.70. The van der Waals surface area contributed by atoms with Crippen LogP contribution in [0, 0.1) is 5.92 Å². The third kappa shape index (κ3) is 2.14. The van der Waals surface area contributed by atoms with Gasteiger partial charge in [0, 0.05) is 6.42 Å². The molecular formula is C16H23NO. The Kier molecular flexibility index (Phi) is 3.55. The van der Waals surface area contributed by atoms with Crippen LogP contribution >= 0.6 is 0 Å². The van der Waals surface area contributed by atoms with E-state index in [1.54, 1.807) is 0 Å². The maximum Gasteiger partial charge on any atom is 0.126 e. The summed E-state index contributed by atoms with van der Waals surface area (Å²) in [7, 11) is 0. The zero-order valence-electron chi connectivity index (χ0n) is 11.2. The van der Waals surface area contributed by atoms with Crippen molar-refractivity contribution < 1.29 is 4.74 Å². The molecule has 1 aromatic rings. The van der Waals surface area contributed by atoms with Gasteiger partial charge in [0.1, 0.15) is 5.75 Å². The van der Waals surface area contributed by atoms with Gasteiger partial charge in [-0.3, -0.25) is 0 Å². The van der Waals surface area contributed by atoms with E-state index < -0.39 is 0 Å². The number of hydrogen-bond acceptors (Lipinski definition) is 2. The van der Waals surface area contributed by atoms with Gasteiger partial charge in [0.15, 0.2) is 0 Å². The fraction of sp³-hybridized carbons (Fsp3) is 0.625. The molecule has 3 rings (SSSR count). The maximum absolute atomic E-state index is 5.84. The van der Waals surface area contributed by atoms with E-state index in [1.807, 2.05) is 0 Å². The van der Waals surface area contributed by atoms with E-state index in [9.17, 15) is 0 Å². The normalized spacial score (nSPS) is 25.4. The van der Waals surface area contributed by atoms with E-state index in [4.69, 9.17) is 4.74 Å². The van der Waals surface area contributed by atoms with Gasteiger partial charge in [-0.2, -0.15) is 0 Å². The monoisotopic (exact) mass is 245 g/mol. The van der Waals surface area contributed by atoms with Gasteiger partial charge in [-0.05, 0) is 55.3 Å². The lowest BCUT2D eigenvalue weighted by molar-refractivity contribution is 0.238. The van der Waals surface area contributed by atoms with Crippen LogP contribution in [0.2, 0.25) is 0 Å². The minimum Gasteiger partial charge on any atom is -0.493 e. The van der Waals surface area contributed by atoms with Crippen molar-refractivity contribution in [1.82, 2.24) is 5.32 Å². The predicted molar refractivity (Wildman–Crippen MR) is 74.3 cm³/mol. The van der Waals surface area contributed by atoms with Crippen LogP contribution in [0.15, 0.2) is 18.2 Å². The Morgan fingerprint density at radius 3 is 3.06 bits per heavy atom. The molecule has 2 atom stereocenters. The number of benzene rings is 1. The first-order chi connectivity index (χ1) is 8.90. The van der Waals surface area contributed by atoms with Gasteiger partial charge in [-0.15, -0.1) is 0 Å². The number of hydrogen-bond donors (Lipinski definition) is 1. The van der Waals surface area contributed by atoms with Crippen LogP contribution in [0.25, 0.3) is 0 Å². The van der Waals surface area contributed by atoms with Gasteiger partial charge >= 0.3 is 0 Å². The summed E-state index contributed by atoms with van der Waals surface area (Å²) in [6.07, 6.45) is 5.01. The highest BCUT2D eigenvalue weighted by atomic mass is 16.5. The molecule has 18 heavy (non-hydrogen) atoms. The molecule has 1 heterocycles. The molecule has 2 unspecified atom stereocenters. The summed E-state index contributed by atoms with van der Waals surface area (Å²) in [6, 6.07) is 6.70. The molecular weight excluding hydrogens is 222 g/mol. The van der Waals surface area contributed by atoms with Crippen molar-refractivity contribution in [1.29, 1.82) is 0 Å². The highest BCUT2D eigenvalue weighted by Crippen LogP contribution is 2.47. The van der Waals surface area contributed by atoms with E-state index in [2.05, 4.69) is 30.4 Å². The summed E-state index contributed by atoms with van der Waals surface area (Å²) in [5.74, 6) is 2.75. The molecule has 1 aliphatic heterocycles. The Bertz CT molecular complexity index is 416. The average Bonchev–Trinajstić information content (AvgIpc) is 2.82. The van der Waals surface area contributed by atoms with E-state index in [1.165, 1.54) is 42.7 Å². The highest BCUT2D eigenvalue weighted by molar-refractivity contribution is 5.46. The van der Waals surface area contributed by atoms with Gasteiger partial charge in [-0.25, -0.2) is 0 Å². The Morgan fingerprint density at radius 2 is 2.28 bits per heavy atom. The average molecular weight is 245 g/mol. The molecule has 1 aliphatic carbocycles. The van der Waals surface area contributed by atoms with Gasteiger partial charge < -0.3 is 10.1 Å². The first kappa shape index (κ1) is 12.0. The Hall–Kier alpha value is -1.02. The van der Waals surface area contributed by atoms with Crippen molar-refractivity contribution in [3.63, 3.8) is 0 Å². The van der Waals surface area contributed by atoms with E-state index in [-0.39, 0.29) is 0 Å². The van der Waals surface area contributed by atoms with Crippen LogP contribution in [0.5, 0.6) is 5.75 Å². The largest absolute Gasteiger partial charge is 0.493 e. The van der Waals surface area contributed by atoms with Gasteiger partial charge in [0.2, 0.25) is 0 Å². The SMILES string of the molecule is CCCNCC1CCC1c1cccc2c1OCC2. The van der Waals surface area contributed by atoms with Crippen molar-refractivity contribution >= 4 is 0 Å². The van der Waals surface area contributed by atoms with Crippen LogP contribution < -0.4 is 10.1 Å². The number of ether oxygens (including phenoxy) is 1. The zero-order valence-corrected chi connectivity index (χ0v) is 11.2. The van der Waals surface area contributed by atoms with Crippen molar-refractivity contribution in [3.8, 4) is 5.75 Å². The predicted octanol–water partition coefficient (Wildman–Crippen LogP) is 3.11. The second kappa shape index (κ2) is 5.31. The van der Waals surface area contributed by atoms with E-state index >= 15 is 0 Å². The van der Waals surface area contributed by atoms with Crippen molar-refractivity contribution in [2.75, 3.05) is 19.7 Å². The molecule has 1 saturated carbocycles. The number of fused-ring (bicyclic) bond motifs is 1. The summed E-state index contributed by atoms with van der Waals surface area (Å²) in [5, 5.41) is 3.56. The summed E-state index contributed by atoms with van der Waals surface area (Å²) in [5.41, 5.74) is 2.89. The Morgan fingerprint density at radius 1 is 1.33 bits per heavy atom. The molecule has 0 aromatic heterocycles. The minimum atomic E-state index is 0.724. The number of nitrogens with one attached hydrogen (secondary N) is 1. The first-order valence-electron chi connectivity index (χ1n) is 7.35. The van der Waals surface area contributed by atoms with Crippen molar-refractivity contribution in [3.05, 3.63) is 29.3 Å². The second-order valence-corrected chi connectivity index (χ2v) is 5.58. The molecule has 98 valence electrons. The molecule has 0 radical (unpaired) electrons. The quantitative estimate of drug-likeness (QED) is 0.805. The molecule has 0 spiro atoms. The second-order valence-electron chi connectivity index (χ2n) is 5.58. The van der Waals surface area contributed by atoms with Crippen LogP contribution in [0.4, 0.5) is 0 Å². The third-order valence-electron chi connectivity index (χ3n) is 4.40. The lowest BCUT2D eigenvalue weighted by Gasteiger charge is -2.38. The standard InChI is InChI=1S/C16H23NO/c1-2-9-17-11-13-6-7-14(13)15-5-3-4-12-8-10-18-16(12)15/h3-5,13-14,17H,2,6-11H2,1H3. The number of rotatable bonds is 5. The topological polar surface area (TPSA) is 21.3 Å². The smallest absolute Gasteiger partial charge is 0.126 e. The lowest BCUT2D eigenvalue weighted by Crippen LogP contribution is -2.34. The first-order valence-corrected chi connectivity index (χ1v) is 7.35. The lowest BCUT2D eigenvalue weighted by atomic mass is 9.69. The van der Waals surface area contributed by atoms with Gasteiger partial charge in [0.25, 0.3) is 0 Å². The van der Waals surface area contributed by atoms with Crippen LogP contribution in [-0.4, -0.2) is 19.7 Å². The van der Waals surface area contributed by atoms with Crippen molar-refractivity contribution in [2.45, 2.75) is 38.5 Å². The van der Waals surface area contributed by atoms with Crippen LogP contribution in [0.1, 0.15) is 43.2 Å². The summed E-state index contributed by atoms with van der Waals surface area (Å²) in [4.78, 5) is 0. The third-order valence-corrected chi connectivity index (χ3v) is 4.40. The molecule has 1 fully saturated rings. The molecule has 2 heteroatoms. The minimum absolute atomic E-state index is 0.724. The van der Waals surface area contributed by atoms with Crippen molar-refractivity contribution in [2.24, 2.45) is 5.92 Å².